The van der Waals surface area contributed by atoms with Gasteiger partial charge in [0.05, 0.1) is 7.11 Å². The number of nitrogens with one attached hydrogen (secondary N) is 1. The molecule has 1 heterocycles. The lowest BCUT2D eigenvalue weighted by molar-refractivity contribution is -0.131. The highest BCUT2D eigenvalue weighted by molar-refractivity contribution is 5.95. The lowest BCUT2D eigenvalue weighted by Crippen LogP contribution is -2.48. The maximum absolute atomic E-state index is 14.4. The van der Waals surface area contributed by atoms with Gasteiger partial charge in [-0.3, -0.25) is 4.79 Å². The zero-order chi connectivity index (χ0) is 21.8. The highest BCUT2D eigenvalue weighted by Crippen LogP contribution is 2.35. The molecule has 1 aliphatic heterocycles. The number of para-hydroxylation sites is 1. The molecule has 4 nitrogen and oxygen atoms in total. The molecule has 6 heteroatoms. The molecule has 3 rings (SSSR count). The van der Waals surface area contributed by atoms with E-state index in [1.54, 1.807) is 35.2 Å². The number of hydrogen-bond donors (Lipinski definition) is 1. The molecule has 0 aromatic heterocycles. The van der Waals surface area contributed by atoms with E-state index in [4.69, 9.17) is 4.74 Å². The largest absolute Gasteiger partial charge is 0.493 e. The maximum atomic E-state index is 14.4. The van der Waals surface area contributed by atoms with Crippen LogP contribution in [0.1, 0.15) is 44.5 Å². The van der Waals surface area contributed by atoms with Crippen molar-refractivity contribution in [3.8, 4) is 5.75 Å². The number of rotatable bonds is 7. The Labute approximate surface area is 176 Å². The summed E-state index contributed by atoms with van der Waals surface area (Å²) in [5.41, 5.74) is 2.53. The first-order valence-corrected chi connectivity index (χ1v) is 10.2. The van der Waals surface area contributed by atoms with Gasteiger partial charge in [0.15, 0.2) is 11.6 Å². The Bertz CT molecular complexity index is 956. The summed E-state index contributed by atoms with van der Waals surface area (Å²) in [6.07, 6.45) is 0.370. The predicted molar refractivity (Wildman–Crippen MR) is 113 cm³/mol. The highest BCUT2D eigenvalue weighted by atomic mass is 19.1. The molecule has 0 fully saturated rings. The SMILES string of the molecule is COc1c(F)cccc1C1NC(C)=C(CC(C)C)C(=O)N1CCc1ccccc1F. The predicted octanol–water partition coefficient (Wildman–Crippen LogP) is 4.97. The van der Waals surface area contributed by atoms with Crippen LogP contribution in [-0.2, 0) is 11.2 Å². The Hall–Kier alpha value is -2.89. The third-order valence-corrected chi connectivity index (χ3v) is 5.32. The van der Waals surface area contributed by atoms with Gasteiger partial charge in [0, 0.05) is 23.4 Å². The average molecular weight is 414 g/mol. The molecule has 1 N–H and O–H groups in total. The lowest BCUT2D eigenvalue weighted by Gasteiger charge is -2.39. The smallest absolute Gasteiger partial charge is 0.253 e. The molecule has 0 saturated heterocycles. The molecule has 0 saturated carbocycles. The quantitative estimate of drug-likeness (QED) is 0.696. The third-order valence-electron chi connectivity index (χ3n) is 5.32. The zero-order valence-corrected chi connectivity index (χ0v) is 17.8. The molecule has 0 bridgehead atoms. The molecule has 0 spiro atoms. The molecule has 1 aliphatic rings. The zero-order valence-electron chi connectivity index (χ0n) is 17.8. The Morgan fingerprint density at radius 2 is 1.80 bits per heavy atom. The van der Waals surface area contributed by atoms with E-state index in [0.29, 0.717) is 35.5 Å². The van der Waals surface area contributed by atoms with Crippen molar-refractivity contribution in [2.24, 2.45) is 5.92 Å². The summed E-state index contributed by atoms with van der Waals surface area (Å²) in [6.45, 7) is 6.26. The van der Waals surface area contributed by atoms with Crippen molar-refractivity contribution in [1.82, 2.24) is 10.2 Å². The van der Waals surface area contributed by atoms with Crippen molar-refractivity contribution in [3.05, 3.63) is 76.5 Å². The van der Waals surface area contributed by atoms with E-state index in [1.807, 2.05) is 6.92 Å². The van der Waals surface area contributed by atoms with Gasteiger partial charge in [0.2, 0.25) is 0 Å². The highest BCUT2D eigenvalue weighted by Gasteiger charge is 2.35. The van der Waals surface area contributed by atoms with Gasteiger partial charge in [-0.1, -0.05) is 44.2 Å². The summed E-state index contributed by atoms with van der Waals surface area (Å²) in [7, 11) is 1.41. The van der Waals surface area contributed by atoms with E-state index in [1.165, 1.54) is 19.2 Å². The van der Waals surface area contributed by atoms with Gasteiger partial charge >= 0.3 is 0 Å². The van der Waals surface area contributed by atoms with Crippen LogP contribution in [0.3, 0.4) is 0 Å². The number of benzene rings is 2. The summed E-state index contributed by atoms with van der Waals surface area (Å²) >= 11 is 0. The maximum Gasteiger partial charge on any atom is 0.253 e. The van der Waals surface area contributed by atoms with Gasteiger partial charge in [0.25, 0.3) is 5.91 Å². The van der Waals surface area contributed by atoms with E-state index < -0.39 is 12.0 Å². The van der Waals surface area contributed by atoms with E-state index >= 15 is 0 Å². The van der Waals surface area contributed by atoms with Crippen LogP contribution in [0.15, 0.2) is 53.7 Å². The van der Waals surface area contributed by atoms with Crippen LogP contribution in [0.2, 0.25) is 0 Å². The molecule has 1 amide bonds. The summed E-state index contributed by atoms with van der Waals surface area (Å²) in [5, 5.41) is 3.37. The molecule has 0 radical (unpaired) electrons. The van der Waals surface area contributed by atoms with Crippen LogP contribution >= 0.6 is 0 Å². The van der Waals surface area contributed by atoms with Gasteiger partial charge in [-0.05, 0) is 43.4 Å². The van der Waals surface area contributed by atoms with Crippen molar-refractivity contribution >= 4 is 5.91 Å². The summed E-state index contributed by atoms with van der Waals surface area (Å²) in [6, 6.07) is 11.2. The van der Waals surface area contributed by atoms with Gasteiger partial charge in [-0.25, -0.2) is 8.78 Å². The second kappa shape index (κ2) is 9.28. The van der Waals surface area contributed by atoms with Crippen LogP contribution in [0.5, 0.6) is 5.75 Å². The van der Waals surface area contributed by atoms with Gasteiger partial charge in [-0.15, -0.1) is 0 Å². The summed E-state index contributed by atoms with van der Waals surface area (Å²) in [4.78, 5) is 15.1. The molecule has 160 valence electrons. The fraction of sp³-hybridized carbons (Fsp3) is 0.375. The number of carbonyl (C=O) groups is 1. The minimum atomic E-state index is -0.606. The average Bonchev–Trinajstić information content (AvgIpc) is 2.71. The summed E-state index contributed by atoms with van der Waals surface area (Å²) in [5.74, 6) is -0.516. The van der Waals surface area contributed by atoms with E-state index in [2.05, 4.69) is 19.2 Å². The molecule has 2 aromatic carbocycles. The van der Waals surface area contributed by atoms with Crippen molar-refractivity contribution < 1.29 is 18.3 Å². The van der Waals surface area contributed by atoms with Crippen LogP contribution < -0.4 is 10.1 Å². The van der Waals surface area contributed by atoms with Crippen molar-refractivity contribution in [3.63, 3.8) is 0 Å². The van der Waals surface area contributed by atoms with Gasteiger partial charge in [0.1, 0.15) is 12.0 Å². The normalized spacial score (nSPS) is 16.8. The van der Waals surface area contributed by atoms with Gasteiger partial charge in [-0.2, -0.15) is 0 Å². The molecular formula is C24H28F2N2O2. The molecule has 0 aliphatic carbocycles. The Morgan fingerprint density at radius 1 is 1.10 bits per heavy atom. The molecule has 1 unspecified atom stereocenters. The van der Waals surface area contributed by atoms with Crippen molar-refractivity contribution in [1.29, 1.82) is 0 Å². The van der Waals surface area contributed by atoms with Crippen LogP contribution in [0, 0.1) is 17.6 Å². The first-order valence-electron chi connectivity index (χ1n) is 10.2. The number of nitrogens with zero attached hydrogens (tertiary/aromatic N) is 1. The molecular weight excluding hydrogens is 386 g/mol. The molecule has 30 heavy (non-hydrogen) atoms. The summed E-state index contributed by atoms with van der Waals surface area (Å²) < 4.78 is 33.8. The minimum absolute atomic E-state index is 0.0961. The van der Waals surface area contributed by atoms with Crippen LogP contribution in [0.25, 0.3) is 0 Å². The number of ether oxygens (including phenoxy) is 1. The topological polar surface area (TPSA) is 41.6 Å². The number of methoxy groups -OCH3 is 1. The fourth-order valence-electron chi connectivity index (χ4n) is 3.84. The van der Waals surface area contributed by atoms with Crippen molar-refractivity contribution in [2.45, 2.75) is 39.8 Å². The first-order chi connectivity index (χ1) is 14.3. The number of hydrogen-bond acceptors (Lipinski definition) is 3. The monoisotopic (exact) mass is 414 g/mol. The number of allylic oxidation sites excluding steroid dienone is 1. The van der Waals surface area contributed by atoms with E-state index in [9.17, 15) is 13.6 Å². The Morgan fingerprint density at radius 3 is 2.47 bits per heavy atom. The van der Waals surface area contributed by atoms with E-state index in [0.717, 1.165) is 5.70 Å². The standard InChI is InChI=1S/C24H28F2N2O2/c1-15(2)14-19-16(3)27-23(18-9-7-11-21(26)22(18)30-4)28(24(19)29)13-12-17-8-5-6-10-20(17)25/h5-11,15,23,27H,12-14H2,1-4H3. The van der Waals surface area contributed by atoms with Crippen molar-refractivity contribution in [2.75, 3.05) is 13.7 Å². The number of carbonyl (C=O) groups excluding carboxylic acids is 1. The number of halogens is 2. The lowest BCUT2D eigenvalue weighted by atomic mass is 9.96. The molecule has 1 atom stereocenters. The minimum Gasteiger partial charge on any atom is -0.493 e. The van der Waals surface area contributed by atoms with Crippen LogP contribution in [-0.4, -0.2) is 24.5 Å². The number of amides is 1. The second-order valence-corrected chi connectivity index (χ2v) is 7.95. The molecule has 2 aromatic rings. The fourth-order valence-corrected chi connectivity index (χ4v) is 3.84. The van der Waals surface area contributed by atoms with E-state index in [-0.39, 0.29) is 24.0 Å². The Kier molecular flexibility index (Phi) is 6.75. The third kappa shape index (κ3) is 4.48. The van der Waals surface area contributed by atoms with Gasteiger partial charge < -0.3 is 15.0 Å². The van der Waals surface area contributed by atoms with Crippen LogP contribution in [0.4, 0.5) is 8.78 Å². The Balaban J connectivity index is 2.00. The first kappa shape index (κ1) is 21.8. The second-order valence-electron chi connectivity index (χ2n) is 7.95.